The normalized spacial score (nSPS) is 15.6. The number of carbonyl (C=O) groups excluding carboxylic acids is 4. The second kappa shape index (κ2) is 16.8. The molecule has 2 fully saturated rings. The lowest BCUT2D eigenvalue weighted by Crippen LogP contribution is -2.55. The van der Waals surface area contributed by atoms with Gasteiger partial charge in [0.25, 0.3) is 5.91 Å². The number of carbonyl (C=O) groups is 5. The number of fused-ring (bicyclic) bond motifs is 1. The lowest BCUT2D eigenvalue weighted by atomic mass is 9.81. The van der Waals surface area contributed by atoms with Crippen LogP contribution in [-0.4, -0.2) is 57.9 Å². The van der Waals surface area contributed by atoms with Crippen molar-refractivity contribution in [2.75, 3.05) is 18.4 Å². The van der Waals surface area contributed by atoms with Crippen LogP contribution < -0.4 is 21.3 Å². The monoisotopic (exact) mass is 717 g/mol. The summed E-state index contributed by atoms with van der Waals surface area (Å²) in [4.78, 5) is 63.7. The summed E-state index contributed by atoms with van der Waals surface area (Å²) in [5.41, 5.74) is 4.45. The van der Waals surface area contributed by atoms with Crippen LogP contribution in [0.3, 0.4) is 0 Å². The van der Waals surface area contributed by atoms with Gasteiger partial charge in [-0.2, -0.15) is 0 Å². The number of nitrogens with zero attached hydrogens (tertiary/aromatic N) is 1. The summed E-state index contributed by atoms with van der Waals surface area (Å²) in [6, 6.07) is 22.6. The fourth-order valence-electron chi connectivity index (χ4n) is 7.81. The summed E-state index contributed by atoms with van der Waals surface area (Å²) < 4.78 is 2.02. The third-order valence-electron chi connectivity index (χ3n) is 10.4. The first-order valence-electron chi connectivity index (χ1n) is 18.5. The molecular weight excluding hydrogens is 670 g/mol. The zero-order chi connectivity index (χ0) is 37.4. The number of anilines is 1. The molecule has 0 spiro atoms. The molecule has 53 heavy (non-hydrogen) atoms. The Hall–Kier alpha value is -5.71. The van der Waals surface area contributed by atoms with Crippen LogP contribution in [0.1, 0.15) is 92.1 Å². The van der Waals surface area contributed by atoms with Gasteiger partial charge in [-0.3, -0.25) is 19.2 Å². The maximum atomic E-state index is 14.1. The van der Waals surface area contributed by atoms with Gasteiger partial charge < -0.3 is 30.9 Å². The maximum absolute atomic E-state index is 14.1. The van der Waals surface area contributed by atoms with Crippen LogP contribution in [0, 0.1) is 0 Å². The van der Waals surface area contributed by atoms with Gasteiger partial charge in [0.2, 0.25) is 17.7 Å². The van der Waals surface area contributed by atoms with Crippen LogP contribution in [-0.2, 0) is 25.7 Å². The second-order valence-corrected chi connectivity index (χ2v) is 14.1. The Balaban J connectivity index is 1.32. The van der Waals surface area contributed by atoms with Crippen molar-refractivity contribution in [1.82, 2.24) is 20.5 Å². The van der Waals surface area contributed by atoms with Crippen LogP contribution in [0.25, 0.3) is 28.2 Å². The number of aliphatic carboxylic acids is 1. The molecule has 0 bridgehead atoms. The highest BCUT2D eigenvalue weighted by Crippen LogP contribution is 2.44. The van der Waals surface area contributed by atoms with Crippen molar-refractivity contribution in [1.29, 1.82) is 0 Å². The van der Waals surface area contributed by atoms with Crippen molar-refractivity contribution in [3.8, 4) is 11.3 Å². The number of rotatable bonds is 13. The van der Waals surface area contributed by atoms with Gasteiger partial charge in [0, 0.05) is 42.7 Å². The lowest BCUT2D eigenvalue weighted by Gasteiger charge is -2.29. The zero-order valence-electron chi connectivity index (χ0n) is 30.1. The SMILES string of the molecule is CC(=O)NCCNC(=O)Cn1c(-c2ccccc2)c(C2CCCCC2)c2ccc(C(=O)NC3(C(=O)Nc4ccc(C=CC(=O)O)cc4)CCCC3)cc21. The number of nitrogens with one attached hydrogen (secondary N) is 4. The molecule has 4 amide bonds. The van der Waals surface area contributed by atoms with E-state index < -0.39 is 11.5 Å². The van der Waals surface area contributed by atoms with Crippen LogP contribution in [0.5, 0.6) is 0 Å². The molecule has 0 radical (unpaired) electrons. The quantitative estimate of drug-likeness (QED) is 0.0797. The predicted molar refractivity (Wildman–Crippen MR) is 205 cm³/mol. The van der Waals surface area contributed by atoms with E-state index >= 15 is 0 Å². The topological polar surface area (TPSA) is 159 Å². The Morgan fingerprint density at radius 2 is 1.55 bits per heavy atom. The van der Waals surface area contributed by atoms with Crippen LogP contribution in [0.2, 0.25) is 0 Å². The summed E-state index contributed by atoms with van der Waals surface area (Å²) in [7, 11) is 0. The molecule has 1 aromatic heterocycles. The number of benzene rings is 3. The van der Waals surface area contributed by atoms with E-state index in [9.17, 15) is 24.0 Å². The number of hydrogen-bond donors (Lipinski definition) is 5. The first-order chi connectivity index (χ1) is 25.6. The Bertz CT molecular complexity index is 2000. The highest BCUT2D eigenvalue weighted by molar-refractivity contribution is 6.06. The average Bonchev–Trinajstić information content (AvgIpc) is 3.77. The highest BCUT2D eigenvalue weighted by atomic mass is 16.4. The fraction of sp³-hybridized carbons (Fsp3) is 0.357. The molecule has 4 aromatic rings. The van der Waals surface area contributed by atoms with E-state index in [4.69, 9.17) is 5.11 Å². The van der Waals surface area contributed by atoms with Gasteiger partial charge in [0.05, 0.1) is 11.2 Å². The van der Waals surface area contributed by atoms with E-state index in [1.165, 1.54) is 25.0 Å². The van der Waals surface area contributed by atoms with E-state index in [0.29, 0.717) is 42.1 Å². The average molecular weight is 718 g/mol. The minimum absolute atomic E-state index is 0.0236. The van der Waals surface area contributed by atoms with Gasteiger partial charge in [-0.05, 0) is 78.6 Å². The molecule has 6 rings (SSSR count). The Morgan fingerprint density at radius 1 is 0.849 bits per heavy atom. The molecule has 0 saturated heterocycles. The standard InChI is InChI=1S/C42H47N5O6/c1-28(48)43-24-25-44-36(49)27-47-35-26-32(17-20-34(35)38(30-10-4-2-5-11-30)39(47)31-12-6-3-7-13-31)40(52)46-42(22-8-9-23-42)41(53)45-33-18-14-29(15-19-33)16-21-37(50)51/h3,6-7,12-21,26,30H,2,4-5,8-11,22-25,27H2,1H3,(H,43,48)(H,44,49)(H,45,53)(H,46,52)(H,50,51). The molecule has 276 valence electrons. The second-order valence-electron chi connectivity index (χ2n) is 14.1. The minimum Gasteiger partial charge on any atom is -0.478 e. The Labute approximate surface area is 309 Å². The number of amides is 4. The third kappa shape index (κ3) is 8.85. The van der Waals surface area contributed by atoms with Crippen molar-refractivity contribution in [3.05, 3.63) is 95.6 Å². The van der Waals surface area contributed by atoms with Crippen LogP contribution in [0.15, 0.2) is 78.9 Å². The molecule has 0 atom stereocenters. The Kier molecular flexibility index (Phi) is 11.7. The van der Waals surface area contributed by atoms with Crippen molar-refractivity contribution in [3.63, 3.8) is 0 Å². The van der Waals surface area contributed by atoms with E-state index in [2.05, 4.69) is 33.4 Å². The molecule has 1 heterocycles. The van der Waals surface area contributed by atoms with Gasteiger partial charge >= 0.3 is 5.97 Å². The summed E-state index contributed by atoms with van der Waals surface area (Å²) in [5.74, 6) is -1.78. The maximum Gasteiger partial charge on any atom is 0.328 e. The van der Waals surface area contributed by atoms with Crippen molar-refractivity contribution >= 4 is 52.3 Å². The molecule has 0 unspecified atom stereocenters. The molecule has 3 aromatic carbocycles. The van der Waals surface area contributed by atoms with Gasteiger partial charge in [0.15, 0.2) is 0 Å². The first-order valence-corrected chi connectivity index (χ1v) is 18.5. The summed E-state index contributed by atoms with van der Waals surface area (Å²) in [5, 5.41) is 21.6. The minimum atomic E-state index is -1.10. The van der Waals surface area contributed by atoms with Gasteiger partial charge in [-0.1, -0.05) is 80.6 Å². The van der Waals surface area contributed by atoms with E-state index in [1.807, 2.05) is 41.0 Å². The van der Waals surface area contributed by atoms with E-state index in [0.717, 1.165) is 66.8 Å². The van der Waals surface area contributed by atoms with Crippen molar-refractivity contribution in [2.45, 2.75) is 82.7 Å². The molecule has 5 N–H and O–H groups in total. The molecule has 2 saturated carbocycles. The van der Waals surface area contributed by atoms with Gasteiger partial charge in [-0.15, -0.1) is 0 Å². The van der Waals surface area contributed by atoms with Gasteiger partial charge in [0.1, 0.15) is 12.1 Å². The summed E-state index contributed by atoms with van der Waals surface area (Å²) in [6.07, 6.45) is 10.6. The molecular formula is C42H47N5O6. The lowest BCUT2D eigenvalue weighted by molar-refractivity contribution is -0.131. The van der Waals surface area contributed by atoms with E-state index in [-0.39, 0.29) is 36.7 Å². The zero-order valence-corrected chi connectivity index (χ0v) is 30.1. The predicted octanol–water partition coefficient (Wildman–Crippen LogP) is 6.39. The van der Waals surface area contributed by atoms with Crippen molar-refractivity contribution < 1.29 is 29.1 Å². The fourth-order valence-corrected chi connectivity index (χ4v) is 7.81. The number of carboxylic acids is 1. The molecule has 2 aliphatic carbocycles. The summed E-state index contributed by atoms with van der Waals surface area (Å²) >= 11 is 0. The smallest absolute Gasteiger partial charge is 0.328 e. The molecule has 0 aliphatic heterocycles. The third-order valence-corrected chi connectivity index (χ3v) is 10.4. The summed E-state index contributed by atoms with van der Waals surface area (Å²) in [6.45, 7) is 2.07. The first kappa shape index (κ1) is 37.1. The number of carboxylic acid groups (broad SMARTS) is 1. The van der Waals surface area contributed by atoms with Gasteiger partial charge in [-0.25, -0.2) is 4.79 Å². The molecule has 11 nitrogen and oxygen atoms in total. The largest absolute Gasteiger partial charge is 0.478 e. The van der Waals surface area contributed by atoms with E-state index in [1.54, 1.807) is 24.3 Å². The highest BCUT2D eigenvalue weighted by Gasteiger charge is 2.43. The van der Waals surface area contributed by atoms with Crippen LogP contribution in [0.4, 0.5) is 5.69 Å². The Morgan fingerprint density at radius 3 is 2.23 bits per heavy atom. The van der Waals surface area contributed by atoms with Crippen molar-refractivity contribution in [2.24, 2.45) is 0 Å². The number of hydrogen-bond acceptors (Lipinski definition) is 5. The number of aromatic nitrogens is 1. The molecule has 2 aliphatic rings. The van der Waals surface area contributed by atoms with Crippen LogP contribution >= 0.6 is 0 Å². The molecule has 11 heteroatoms.